The molecule has 178 valence electrons. The van der Waals surface area contributed by atoms with E-state index in [1.54, 1.807) is 16.4 Å². The summed E-state index contributed by atoms with van der Waals surface area (Å²) in [7, 11) is -3.42. The molecule has 3 aliphatic rings. The zero-order valence-electron chi connectivity index (χ0n) is 19.7. The van der Waals surface area contributed by atoms with E-state index in [4.69, 9.17) is 4.74 Å². The van der Waals surface area contributed by atoms with Gasteiger partial charge in [0.15, 0.2) is 0 Å². The van der Waals surface area contributed by atoms with E-state index in [-0.39, 0.29) is 5.41 Å². The highest BCUT2D eigenvalue weighted by atomic mass is 32.2. The summed E-state index contributed by atoms with van der Waals surface area (Å²) in [4.78, 5) is 7.23. The lowest BCUT2D eigenvalue weighted by Gasteiger charge is -2.27. The summed E-state index contributed by atoms with van der Waals surface area (Å²) in [5, 5.41) is 3.50. The number of morpholine rings is 1. The first kappa shape index (κ1) is 22.6. The van der Waals surface area contributed by atoms with Crippen LogP contribution in [-0.2, 0) is 20.2 Å². The lowest BCUT2D eigenvalue weighted by Crippen LogP contribution is -2.36. The van der Waals surface area contributed by atoms with Crippen LogP contribution in [0.3, 0.4) is 0 Å². The molecule has 0 radical (unpaired) electrons. The van der Waals surface area contributed by atoms with Gasteiger partial charge in [-0.3, -0.25) is 0 Å². The summed E-state index contributed by atoms with van der Waals surface area (Å²) in [6.45, 7) is 11.8. The average molecular weight is 471 g/mol. The molecule has 1 aromatic heterocycles. The van der Waals surface area contributed by atoms with Crippen LogP contribution in [0.15, 0.2) is 47.5 Å². The van der Waals surface area contributed by atoms with Crippen LogP contribution < -0.4 is 10.2 Å². The molecule has 1 aromatic carbocycles. The predicted octanol–water partition coefficient (Wildman–Crippen LogP) is 3.19. The summed E-state index contributed by atoms with van der Waals surface area (Å²) in [6, 6.07) is 11.5. The van der Waals surface area contributed by atoms with E-state index in [1.807, 2.05) is 18.3 Å². The number of benzene rings is 1. The molecule has 2 aliphatic heterocycles. The third-order valence-electron chi connectivity index (χ3n) is 7.32. The third kappa shape index (κ3) is 4.61. The highest BCUT2D eigenvalue weighted by Crippen LogP contribution is 2.52. The van der Waals surface area contributed by atoms with E-state index >= 15 is 0 Å². The molecule has 8 heteroatoms. The van der Waals surface area contributed by atoms with Crippen molar-refractivity contribution in [3.05, 3.63) is 48.2 Å². The number of anilines is 2. The fraction of sp³-hybridized carbons (Fsp3) is 0.560. The SMILES string of the molecule is CC(C)(C)c1ccc(S(=O)(=O)N2CC3C(CNc4ccc(N5CCOCC5)nc4)C3C2)cc1. The molecule has 2 aromatic rings. The Hall–Kier alpha value is -2.16. The summed E-state index contributed by atoms with van der Waals surface area (Å²) < 4.78 is 33.3. The number of piperidine rings is 1. The van der Waals surface area contributed by atoms with Crippen molar-refractivity contribution >= 4 is 21.5 Å². The van der Waals surface area contributed by atoms with Gasteiger partial charge < -0.3 is 15.0 Å². The summed E-state index contributed by atoms with van der Waals surface area (Å²) >= 11 is 0. The van der Waals surface area contributed by atoms with Gasteiger partial charge in [0.1, 0.15) is 5.82 Å². The Bertz CT molecular complexity index is 1060. The molecule has 33 heavy (non-hydrogen) atoms. The van der Waals surface area contributed by atoms with Crippen molar-refractivity contribution in [1.82, 2.24) is 9.29 Å². The van der Waals surface area contributed by atoms with E-state index in [2.05, 4.69) is 48.1 Å². The topological polar surface area (TPSA) is 74.8 Å². The Morgan fingerprint density at radius 2 is 1.70 bits per heavy atom. The molecule has 5 rings (SSSR count). The van der Waals surface area contributed by atoms with E-state index < -0.39 is 10.0 Å². The molecular weight excluding hydrogens is 436 g/mol. The van der Waals surface area contributed by atoms with Gasteiger partial charge in [0.05, 0.1) is 30.0 Å². The Balaban J connectivity index is 1.13. The standard InChI is InChI=1S/C25H34N4O3S/c1-25(2,3)18-4-7-20(8-5-18)33(30,31)29-16-22-21(23(22)17-29)15-26-19-6-9-24(27-14-19)28-10-12-32-13-11-28/h4-9,14,21-23,26H,10-13,15-17H2,1-3H3. The number of fused-ring (bicyclic) bond motifs is 1. The van der Waals surface area contributed by atoms with Crippen LogP contribution in [0, 0.1) is 17.8 Å². The minimum Gasteiger partial charge on any atom is -0.383 e. The molecule has 2 unspecified atom stereocenters. The molecule has 7 nitrogen and oxygen atoms in total. The summed E-state index contributed by atoms with van der Waals surface area (Å²) in [5.74, 6) is 2.41. The quantitative estimate of drug-likeness (QED) is 0.699. The second-order valence-corrected chi connectivity index (χ2v) is 12.4. The largest absolute Gasteiger partial charge is 0.383 e. The number of aromatic nitrogens is 1. The van der Waals surface area contributed by atoms with Gasteiger partial charge in [0.25, 0.3) is 0 Å². The van der Waals surface area contributed by atoms with Crippen LogP contribution >= 0.6 is 0 Å². The molecule has 1 aliphatic carbocycles. The Morgan fingerprint density at radius 3 is 2.27 bits per heavy atom. The molecule has 1 saturated carbocycles. The second kappa shape index (κ2) is 8.56. The van der Waals surface area contributed by atoms with E-state index in [0.29, 0.717) is 35.7 Å². The number of hydrogen-bond donors (Lipinski definition) is 1. The first-order valence-electron chi connectivity index (χ1n) is 11.9. The van der Waals surface area contributed by atoms with E-state index in [9.17, 15) is 8.42 Å². The Kier molecular flexibility index (Phi) is 5.87. The molecule has 3 fully saturated rings. The van der Waals surface area contributed by atoms with Crippen molar-refractivity contribution in [2.45, 2.75) is 31.1 Å². The third-order valence-corrected chi connectivity index (χ3v) is 9.17. The van der Waals surface area contributed by atoms with Gasteiger partial charge in [-0.2, -0.15) is 4.31 Å². The number of pyridine rings is 1. The van der Waals surface area contributed by atoms with Crippen LogP contribution in [0.4, 0.5) is 11.5 Å². The monoisotopic (exact) mass is 470 g/mol. The first-order valence-corrected chi connectivity index (χ1v) is 13.3. The first-order chi connectivity index (χ1) is 15.7. The molecule has 2 saturated heterocycles. The zero-order chi connectivity index (χ0) is 23.2. The van der Waals surface area contributed by atoms with Crippen LogP contribution in [0.25, 0.3) is 0 Å². The molecular formula is C25H34N4O3S. The van der Waals surface area contributed by atoms with E-state index in [1.165, 1.54) is 0 Å². The summed E-state index contributed by atoms with van der Waals surface area (Å²) in [6.07, 6.45) is 1.89. The van der Waals surface area contributed by atoms with Gasteiger partial charge in [0, 0.05) is 32.7 Å². The molecule has 0 amide bonds. The maximum Gasteiger partial charge on any atom is 0.243 e. The highest BCUT2D eigenvalue weighted by molar-refractivity contribution is 7.89. The smallest absolute Gasteiger partial charge is 0.243 e. The fourth-order valence-corrected chi connectivity index (χ4v) is 6.61. The van der Waals surface area contributed by atoms with Gasteiger partial charge >= 0.3 is 0 Å². The summed E-state index contributed by atoms with van der Waals surface area (Å²) in [5.41, 5.74) is 2.17. The number of rotatable bonds is 6. The second-order valence-electron chi connectivity index (χ2n) is 10.5. The molecule has 3 heterocycles. The van der Waals surface area contributed by atoms with Gasteiger partial charge in [-0.1, -0.05) is 32.9 Å². The molecule has 2 atom stereocenters. The van der Waals surface area contributed by atoms with Gasteiger partial charge in [-0.25, -0.2) is 13.4 Å². The molecule has 0 bridgehead atoms. The van der Waals surface area contributed by atoms with E-state index in [0.717, 1.165) is 49.9 Å². The number of nitrogens with zero attached hydrogens (tertiary/aromatic N) is 3. The van der Waals surface area contributed by atoms with Gasteiger partial charge in [-0.15, -0.1) is 0 Å². The fourth-order valence-electron chi connectivity index (χ4n) is 5.09. The van der Waals surface area contributed by atoms with Crippen molar-refractivity contribution < 1.29 is 13.2 Å². The number of ether oxygens (including phenoxy) is 1. The normalized spacial score (nSPS) is 25.7. The maximum absolute atomic E-state index is 13.1. The van der Waals surface area contributed by atoms with Crippen molar-refractivity contribution in [2.75, 3.05) is 56.2 Å². The lowest BCUT2D eigenvalue weighted by atomic mass is 9.87. The highest BCUT2D eigenvalue weighted by Gasteiger charge is 2.57. The lowest BCUT2D eigenvalue weighted by molar-refractivity contribution is 0.122. The van der Waals surface area contributed by atoms with Crippen molar-refractivity contribution in [3.8, 4) is 0 Å². The number of hydrogen-bond acceptors (Lipinski definition) is 6. The van der Waals surface area contributed by atoms with Crippen LogP contribution in [0.1, 0.15) is 26.3 Å². The average Bonchev–Trinajstić information content (AvgIpc) is 3.25. The van der Waals surface area contributed by atoms with Gasteiger partial charge in [-0.05, 0) is 53.0 Å². The molecule has 1 N–H and O–H groups in total. The van der Waals surface area contributed by atoms with Crippen molar-refractivity contribution in [3.63, 3.8) is 0 Å². The van der Waals surface area contributed by atoms with Gasteiger partial charge in [0.2, 0.25) is 10.0 Å². The Morgan fingerprint density at radius 1 is 1.03 bits per heavy atom. The van der Waals surface area contributed by atoms with Crippen LogP contribution in [-0.4, -0.2) is 63.6 Å². The number of sulfonamides is 1. The van der Waals surface area contributed by atoms with Crippen molar-refractivity contribution in [1.29, 1.82) is 0 Å². The zero-order valence-corrected chi connectivity index (χ0v) is 20.5. The minimum absolute atomic E-state index is 0.0101. The minimum atomic E-state index is -3.42. The van der Waals surface area contributed by atoms with Crippen molar-refractivity contribution in [2.24, 2.45) is 17.8 Å². The van der Waals surface area contributed by atoms with Crippen LogP contribution in [0.5, 0.6) is 0 Å². The molecule has 0 spiro atoms. The number of nitrogens with one attached hydrogen (secondary N) is 1. The Labute approximate surface area is 197 Å². The predicted molar refractivity (Wildman–Crippen MR) is 130 cm³/mol. The maximum atomic E-state index is 13.1. The van der Waals surface area contributed by atoms with Crippen LogP contribution in [0.2, 0.25) is 0 Å².